The van der Waals surface area contributed by atoms with Gasteiger partial charge in [0.25, 0.3) is 0 Å². The maximum absolute atomic E-state index is 12.6. The monoisotopic (exact) mass is 847 g/mol. The van der Waals surface area contributed by atoms with Gasteiger partial charge in [0.15, 0.2) is 6.10 Å². The predicted octanol–water partition coefficient (Wildman–Crippen LogP) is 16.2. The third kappa shape index (κ3) is 47.2. The van der Waals surface area contributed by atoms with Crippen LogP contribution in [0.3, 0.4) is 0 Å². The van der Waals surface area contributed by atoms with E-state index in [1.54, 1.807) is 0 Å². The summed E-state index contributed by atoms with van der Waals surface area (Å²) < 4.78 is 16.6. The molecule has 0 saturated carbocycles. The van der Waals surface area contributed by atoms with E-state index < -0.39 is 6.10 Å². The van der Waals surface area contributed by atoms with Gasteiger partial charge >= 0.3 is 17.9 Å². The Hall–Kier alpha value is -3.67. The molecule has 0 aromatic rings. The molecule has 1 unspecified atom stereocenters. The predicted molar refractivity (Wildman–Crippen MR) is 260 cm³/mol. The van der Waals surface area contributed by atoms with Crippen LogP contribution in [0.1, 0.15) is 213 Å². The van der Waals surface area contributed by atoms with Gasteiger partial charge in [-0.05, 0) is 83.5 Å². The van der Waals surface area contributed by atoms with Gasteiger partial charge in [0.2, 0.25) is 0 Å². The number of ether oxygens (including phenoxy) is 3. The maximum Gasteiger partial charge on any atom is 0.306 e. The fraction of sp³-hybridized carbons (Fsp3) is 0.655. The molecule has 0 aliphatic rings. The average molecular weight is 847 g/mol. The van der Waals surface area contributed by atoms with Crippen molar-refractivity contribution in [2.45, 2.75) is 219 Å². The summed E-state index contributed by atoms with van der Waals surface area (Å²) in [7, 11) is 0. The highest BCUT2D eigenvalue weighted by atomic mass is 16.6. The zero-order chi connectivity index (χ0) is 44.4. The van der Waals surface area contributed by atoms with Crippen molar-refractivity contribution in [2.24, 2.45) is 0 Å². The highest BCUT2D eigenvalue weighted by molar-refractivity contribution is 5.71. The van der Waals surface area contributed by atoms with Crippen molar-refractivity contribution in [2.75, 3.05) is 13.2 Å². The van der Waals surface area contributed by atoms with Crippen LogP contribution in [0, 0.1) is 0 Å². The third-order valence-corrected chi connectivity index (χ3v) is 10.1. The summed E-state index contributed by atoms with van der Waals surface area (Å²) in [5, 5.41) is 0. The summed E-state index contributed by atoms with van der Waals surface area (Å²) in [6.07, 6.45) is 64.2. The largest absolute Gasteiger partial charge is 0.462 e. The normalized spacial score (nSPS) is 12.9. The molecule has 1 atom stereocenters. The van der Waals surface area contributed by atoms with Gasteiger partial charge in [0.05, 0.1) is 0 Å². The number of rotatable bonds is 43. The summed E-state index contributed by atoms with van der Waals surface area (Å²) in [5.74, 6) is -0.952. The number of hydrogen-bond donors (Lipinski definition) is 0. The number of hydrogen-bond acceptors (Lipinski definition) is 6. The Bertz CT molecular complexity index is 1250. The van der Waals surface area contributed by atoms with E-state index in [2.05, 4.69) is 118 Å². The summed E-state index contributed by atoms with van der Waals surface area (Å²) in [4.78, 5) is 37.6. The minimum atomic E-state index is -0.789. The van der Waals surface area contributed by atoms with Gasteiger partial charge in [-0.3, -0.25) is 14.4 Å². The Morgan fingerprint density at radius 3 is 1.00 bits per heavy atom. The molecular weight excluding hydrogens is 757 g/mol. The standard InChI is InChI=1S/C55H90O6/c1-4-7-10-13-16-19-20-21-22-23-24-25-26-27-28-29-30-31-32-33-34-35-36-37-40-42-45-48-54(57)60-51-52(61-55(58)49-46-43-39-18-15-12-9-6-3)50-59-53(56)47-44-41-38-17-14-11-8-5-2/h7,10,16,19,21-22,24-25,27-28,30-31,33-34,36-37,52H,4-6,8-9,11-15,17-18,20,23,26,29,32,35,38-51H2,1-3H3/b10-7-,19-16-,22-21-,25-24-,28-27-,31-30-,34-33-,37-36-. The van der Waals surface area contributed by atoms with E-state index >= 15 is 0 Å². The first-order valence-corrected chi connectivity index (χ1v) is 24.7. The minimum absolute atomic E-state index is 0.0903. The van der Waals surface area contributed by atoms with Crippen LogP contribution in [0.4, 0.5) is 0 Å². The van der Waals surface area contributed by atoms with Crippen LogP contribution in [0.25, 0.3) is 0 Å². The SMILES string of the molecule is CC/C=C\C/C=C\C/C=C\C/C=C\C/C=C\C/C=C\C/C=C\C/C=C\CCCCC(=O)OCC(COC(=O)CCCCCCCCCC)OC(=O)CCCCCCCCCC. The molecule has 0 rings (SSSR count). The second-order valence-corrected chi connectivity index (χ2v) is 16.0. The first-order chi connectivity index (χ1) is 30.0. The molecule has 0 amide bonds. The number of carbonyl (C=O) groups is 3. The molecule has 0 heterocycles. The lowest BCUT2D eigenvalue weighted by molar-refractivity contribution is -0.167. The van der Waals surface area contributed by atoms with E-state index in [0.29, 0.717) is 19.3 Å². The van der Waals surface area contributed by atoms with Gasteiger partial charge in [-0.25, -0.2) is 0 Å². The summed E-state index contributed by atoms with van der Waals surface area (Å²) in [5.41, 5.74) is 0. The topological polar surface area (TPSA) is 78.9 Å². The maximum atomic E-state index is 12.6. The van der Waals surface area contributed by atoms with Crippen molar-refractivity contribution >= 4 is 17.9 Å². The quantitative estimate of drug-likeness (QED) is 0.0263. The molecule has 0 fully saturated rings. The van der Waals surface area contributed by atoms with Crippen LogP contribution < -0.4 is 0 Å². The van der Waals surface area contributed by atoms with Crippen LogP contribution in [0.2, 0.25) is 0 Å². The van der Waals surface area contributed by atoms with Crippen LogP contribution in [-0.2, 0) is 28.6 Å². The van der Waals surface area contributed by atoms with Crippen LogP contribution in [0.5, 0.6) is 0 Å². The van der Waals surface area contributed by atoms with Crippen molar-refractivity contribution in [1.29, 1.82) is 0 Å². The second kappa shape index (κ2) is 49.0. The van der Waals surface area contributed by atoms with Crippen molar-refractivity contribution in [1.82, 2.24) is 0 Å². The Kier molecular flexibility index (Phi) is 46.0. The summed E-state index contributed by atoms with van der Waals surface area (Å²) >= 11 is 0. The first kappa shape index (κ1) is 57.3. The summed E-state index contributed by atoms with van der Waals surface area (Å²) in [6, 6.07) is 0. The molecule has 0 aromatic heterocycles. The van der Waals surface area contributed by atoms with Crippen molar-refractivity contribution in [3.05, 3.63) is 97.2 Å². The lowest BCUT2D eigenvalue weighted by Crippen LogP contribution is -2.30. The molecule has 0 N–H and O–H groups in total. The van der Waals surface area contributed by atoms with Gasteiger partial charge in [-0.2, -0.15) is 0 Å². The Labute approximate surface area is 375 Å². The van der Waals surface area contributed by atoms with E-state index in [1.807, 2.05) is 0 Å². The summed E-state index contributed by atoms with van der Waals surface area (Å²) in [6.45, 7) is 6.40. The number of unbranched alkanes of at least 4 members (excludes halogenated alkanes) is 16. The van der Waals surface area contributed by atoms with Crippen LogP contribution in [-0.4, -0.2) is 37.2 Å². The highest BCUT2D eigenvalue weighted by Crippen LogP contribution is 2.13. The molecule has 0 bridgehead atoms. The van der Waals surface area contributed by atoms with Gasteiger partial charge in [0, 0.05) is 19.3 Å². The second-order valence-electron chi connectivity index (χ2n) is 16.0. The highest BCUT2D eigenvalue weighted by Gasteiger charge is 2.19. The zero-order valence-electron chi connectivity index (χ0n) is 39.4. The van der Waals surface area contributed by atoms with Gasteiger partial charge < -0.3 is 14.2 Å². The Morgan fingerprint density at radius 2 is 0.639 bits per heavy atom. The number of allylic oxidation sites excluding steroid dienone is 16. The molecule has 61 heavy (non-hydrogen) atoms. The smallest absolute Gasteiger partial charge is 0.306 e. The molecule has 0 aromatic carbocycles. The molecular formula is C55H90O6. The van der Waals surface area contributed by atoms with Gasteiger partial charge in [-0.15, -0.1) is 0 Å². The number of carbonyl (C=O) groups excluding carboxylic acids is 3. The number of esters is 3. The molecule has 0 aliphatic heterocycles. The molecule has 0 saturated heterocycles. The molecule has 346 valence electrons. The van der Waals surface area contributed by atoms with E-state index in [0.717, 1.165) is 109 Å². The van der Waals surface area contributed by atoms with Crippen molar-refractivity contribution in [3.8, 4) is 0 Å². The fourth-order valence-corrected chi connectivity index (χ4v) is 6.40. The molecule has 6 heteroatoms. The van der Waals surface area contributed by atoms with E-state index in [1.165, 1.54) is 64.2 Å². The molecule has 0 spiro atoms. The molecule has 0 radical (unpaired) electrons. The van der Waals surface area contributed by atoms with Gasteiger partial charge in [0.1, 0.15) is 13.2 Å². The Morgan fingerprint density at radius 1 is 0.344 bits per heavy atom. The molecule has 0 aliphatic carbocycles. The van der Waals surface area contributed by atoms with Crippen LogP contribution in [0.15, 0.2) is 97.2 Å². The minimum Gasteiger partial charge on any atom is -0.462 e. The molecule has 6 nitrogen and oxygen atoms in total. The third-order valence-electron chi connectivity index (χ3n) is 10.1. The first-order valence-electron chi connectivity index (χ1n) is 24.7. The van der Waals surface area contributed by atoms with Crippen molar-refractivity contribution in [3.63, 3.8) is 0 Å². The van der Waals surface area contributed by atoms with Crippen molar-refractivity contribution < 1.29 is 28.6 Å². The van der Waals surface area contributed by atoms with E-state index in [4.69, 9.17) is 14.2 Å². The fourth-order valence-electron chi connectivity index (χ4n) is 6.40. The lowest BCUT2D eigenvalue weighted by atomic mass is 10.1. The van der Waals surface area contributed by atoms with Gasteiger partial charge in [-0.1, -0.05) is 208 Å². The van der Waals surface area contributed by atoms with E-state index in [9.17, 15) is 14.4 Å². The van der Waals surface area contributed by atoms with E-state index in [-0.39, 0.29) is 31.1 Å². The average Bonchev–Trinajstić information content (AvgIpc) is 3.26. The zero-order valence-corrected chi connectivity index (χ0v) is 39.4. The Balaban J connectivity index is 4.25. The lowest BCUT2D eigenvalue weighted by Gasteiger charge is -2.18. The van der Waals surface area contributed by atoms with Crippen LogP contribution >= 0.6 is 0 Å².